The molecule has 1 unspecified atom stereocenters. The predicted molar refractivity (Wildman–Crippen MR) is 63.7 cm³/mol. The van der Waals surface area contributed by atoms with Gasteiger partial charge in [-0.05, 0) is 19.3 Å². The van der Waals surface area contributed by atoms with Gasteiger partial charge in [0, 0.05) is 5.41 Å². The zero-order chi connectivity index (χ0) is 12.7. The highest BCUT2D eigenvalue weighted by atomic mass is 32.2. The third-order valence-electron chi connectivity index (χ3n) is 2.88. The van der Waals surface area contributed by atoms with Crippen molar-refractivity contribution in [3.05, 3.63) is 0 Å². The van der Waals surface area contributed by atoms with E-state index >= 15 is 0 Å². The summed E-state index contributed by atoms with van der Waals surface area (Å²) in [6, 6.07) is 0. The van der Waals surface area contributed by atoms with Gasteiger partial charge in [0.25, 0.3) is 10.1 Å². The van der Waals surface area contributed by atoms with E-state index in [9.17, 15) is 13.2 Å². The minimum absolute atomic E-state index is 0.0924. The maximum atomic E-state index is 11.1. The van der Waals surface area contributed by atoms with Crippen molar-refractivity contribution in [3.63, 3.8) is 0 Å². The molecule has 0 radical (unpaired) electrons. The summed E-state index contributed by atoms with van der Waals surface area (Å²) in [5.41, 5.74) is -0.416. The fraction of sp³-hybridized carbons (Fsp3) is 0.909. The van der Waals surface area contributed by atoms with E-state index in [1.807, 2.05) is 6.92 Å². The molecule has 0 spiro atoms. The molecule has 16 heavy (non-hydrogen) atoms. The van der Waals surface area contributed by atoms with Crippen molar-refractivity contribution in [2.75, 3.05) is 12.9 Å². The highest BCUT2D eigenvalue weighted by Crippen LogP contribution is 2.30. The quantitative estimate of drug-likeness (QED) is 0.464. The largest absolute Gasteiger partial charge is 0.303 e. The van der Waals surface area contributed by atoms with E-state index in [0.717, 1.165) is 38.2 Å². The van der Waals surface area contributed by atoms with Gasteiger partial charge >= 0.3 is 0 Å². The predicted octanol–water partition coefficient (Wildman–Crippen LogP) is 2.14. The van der Waals surface area contributed by atoms with Crippen molar-refractivity contribution < 1.29 is 17.4 Å². The Morgan fingerprint density at radius 3 is 2.25 bits per heavy atom. The average molecular weight is 250 g/mol. The molecule has 1 atom stereocenters. The molecule has 0 N–H and O–H groups in total. The molecule has 0 aromatic heterocycles. The first-order valence-corrected chi connectivity index (χ1v) is 7.51. The zero-order valence-corrected chi connectivity index (χ0v) is 11.2. The van der Waals surface area contributed by atoms with Crippen LogP contribution in [0.5, 0.6) is 0 Å². The van der Waals surface area contributed by atoms with Crippen LogP contribution in [0.2, 0.25) is 0 Å². The van der Waals surface area contributed by atoms with Crippen LogP contribution in [0.1, 0.15) is 46.0 Å². The van der Waals surface area contributed by atoms with Crippen LogP contribution >= 0.6 is 0 Å². The van der Waals surface area contributed by atoms with Crippen LogP contribution in [-0.4, -0.2) is 27.6 Å². The van der Waals surface area contributed by atoms with Crippen LogP contribution < -0.4 is 0 Å². The number of unbranched alkanes of at least 4 members (excludes halogenated alkanes) is 1. The molecule has 96 valence electrons. The fourth-order valence-corrected chi connectivity index (χ4v) is 1.99. The Bertz CT molecular complexity index is 297. The van der Waals surface area contributed by atoms with Gasteiger partial charge in [0.15, 0.2) is 0 Å². The molecule has 5 heteroatoms. The summed E-state index contributed by atoms with van der Waals surface area (Å²) in [6.07, 6.45) is 5.98. The van der Waals surface area contributed by atoms with E-state index in [4.69, 9.17) is 0 Å². The molecule has 0 saturated carbocycles. The molecule has 0 aliphatic carbocycles. The van der Waals surface area contributed by atoms with E-state index < -0.39 is 15.5 Å². The Balaban J connectivity index is 4.26. The molecule has 0 saturated heterocycles. The summed E-state index contributed by atoms with van der Waals surface area (Å²) in [6.45, 7) is 4.11. The summed E-state index contributed by atoms with van der Waals surface area (Å²) in [5.74, 6) is 0. The first-order chi connectivity index (χ1) is 7.39. The molecule has 4 nitrogen and oxygen atoms in total. The number of carbonyl (C=O) groups excluding carboxylic acids is 1. The maximum absolute atomic E-state index is 11.1. The summed E-state index contributed by atoms with van der Waals surface area (Å²) in [7, 11) is -3.40. The van der Waals surface area contributed by atoms with Crippen LogP contribution in [0, 0.1) is 5.41 Å². The lowest BCUT2D eigenvalue weighted by atomic mass is 9.79. The van der Waals surface area contributed by atoms with Crippen LogP contribution in [0.25, 0.3) is 0 Å². The van der Waals surface area contributed by atoms with Gasteiger partial charge in [-0.1, -0.05) is 26.7 Å². The highest BCUT2D eigenvalue weighted by molar-refractivity contribution is 7.85. The Kier molecular flexibility index (Phi) is 6.83. The summed E-state index contributed by atoms with van der Waals surface area (Å²) in [5, 5.41) is 0. The lowest BCUT2D eigenvalue weighted by Gasteiger charge is -2.26. The van der Waals surface area contributed by atoms with Crippen LogP contribution in [0.15, 0.2) is 0 Å². The maximum Gasteiger partial charge on any atom is 0.264 e. The van der Waals surface area contributed by atoms with Crippen molar-refractivity contribution in [2.45, 2.75) is 46.0 Å². The van der Waals surface area contributed by atoms with Gasteiger partial charge in [0.1, 0.15) is 6.29 Å². The number of hydrogen-bond acceptors (Lipinski definition) is 4. The molecule has 0 aliphatic rings. The van der Waals surface area contributed by atoms with Gasteiger partial charge in [0.05, 0.1) is 12.9 Å². The van der Waals surface area contributed by atoms with Crippen molar-refractivity contribution in [1.82, 2.24) is 0 Å². The van der Waals surface area contributed by atoms with Gasteiger partial charge in [0.2, 0.25) is 0 Å². The second-order valence-electron chi connectivity index (χ2n) is 4.21. The monoisotopic (exact) mass is 250 g/mol. The van der Waals surface area contributed by atoms with E-state index in [1.54, 1.807) is 0 Å². The van der Waals surface area contributed by atoms with Crippen LogP contribution in [0.4, 0.5) is 0 Å². The second kappa shape index (κ2) is 7.01. The first kappa shape index (κ1) is 15.6. The molecule has 0 amide bonds. The molecule has 0 aliphatic heterocycles. The lowest BCUT2D eigenvalue weighted by Crippen LogP contribution is -2.24. The number of rotatable bonds is 9. The minimum Gasteiger partial charge on any atom is -0.303 e. The molecule has 0 rings (SSSR count). The van der Waals surface area contributed by atoms with E-state index in [2.05, 4.69) is 11.1 Å². The van der Waals surface area contributed by atoms with Crippen molar-refractivity contribution in [3.8, 4) is 0 Å². The molecule has 0 bridgehead atoms. The molecule has 0 aromatic rings. The van der Waals surface area contributed by atoms with E-state index in [-0.39, 0.29) is 6.61 Å². The molecular formula is C11H22O4S. The third kappa shape index (κ3) is 6.23. The van der Waals surface area contributed by atoms with Crippen molar-refractivity contribution >= 4 is 16.4 Å². The van der Waals surface area contributed by atoms with Crippen LogP contribution in [0.3, 0.4) is 0 Å². The van der Waals surface area contributed by atoms with E-state index in [0.29, 0.717) is 6.42 Å². The van der Waals surface area contributed by atoms with E-state index in [1.165, 1.54) is 0 Å². The Labute approximate surface area is 98.5 Å². The summed E-state index contributed by atoms with van der Waals surface area (Å²) < 4.78 is 26.3. The fourth-order valence-electron chi connectivity index (χ4n) is 1.60. The zero-order valence-electron chi connectivity index (χ0n) is 10.4. The summed E-state index contributed by atoms with van der Waals surface area (Å²) >= 11 is 0. The lowest BCUT2D eigenvalue weighted by molar-refractivity contribution is -0.117. The van der Waals surface area contributed by atoms with Gasteiger partial charge in [-0.2, -0.15) is 8.42 Å². The molecule has 0 heterocycles. The van der Waals surface area contributed by atoms with Crippen LogP contribution in [-0.2, 0) is 19.1 Å². The van der Waals surface area contributed by atoms with Crippen molar-refractivity contribution in [1.29, 1.82) is 0 Å². The number of hydrogen-bond donors (Lipinski definition) is 0. The Hall–Kier alpha value is -0.420. The smallest absolute Gasteiger partial charge is 0.264 e. The first-order valence-electron chi connectivity index (χ1n) is 5.70. The van der Waals surface area contributed by atoms with Gasteiger partial charge in [-0.15, -0.1) is 0 Å². The molecule has 0 aromatic carbocycles. The van der Waals surface area contributed by atoms with Gasteiger partial charge in [-0.3, -0.25) is 4.18 Å². The minimum atomic E-state index is -3.40. The third-order valence-corrected chi connectivity index (χ3v) is 3.47. The number of aldehydes is 1. The SMILES string of the molecule is CCCCC(C=O)(CC)CCOS(C)(=O)=O. The average Bonchev–Trinajstić information content (AvgIpc) is 2.22. The van der Waals surface area contributed by atoms with Gasteiger partial charge < -0.3 is 4.79 Å². The Morgan fingerprint density at radius 1 is 1.25 bits per heavy atom. The normalized spacial score (nSPS) is 15.7. The molecule has 0 fully saturated rings. The van der Waals surface area contributed by atoms with Gasteiger partial charge in [-0.25, -0.2) is 0 Å². The van der Waals surface area contributed by atoms with Crippen molar-refractivity contribution in [2.24, 2.45) is 5.41 Å². The number of carbonyl (C=O) groups is 1. The second-order valence-corrected chi connectivity index (χ2v) is 5.86. The standard InChI is InChI=1S/C11H22O4S/c1-4-6-7-11(5-2,10-12)8-9-15-16(3,13)14/h10H,4-9H2,1-3H3. The topological polar surface area (TPSA) is 60.4 Å². The Morgan fingerprint density at radius 2 is 1.88 bits per heavy atom. The molecular weight excluding hydrogens is 228 g/mol. The highest BCUT2D eigenvalue weighted by Gasteiger charge is 2.27. The summed E-state index contributed by atoms with van der Waals surface area (Å²) in [4.78, 5) is 11.1.